The van der Waals surface area contributed by atoms with Crippen molar-refractivity contribution in [1.29, 1.82) is 0 Å². The third-order valence-corrected chi connectivity index (χ3v) is 2.26. The molecule has 12 heavy (non-hydrogen) atoms. The lowest BCUT2D eigenvalue weighted by Gasteiger charge is -2.11. The van der Waals surface area contributed by atoms with Gasteiger partial charge in [0.15, 0.2) is 0 Å². The molecule has 2 N–H and O–H groups in total. The molecule has 4 heteroatoms. The summed E-state index contributed by atoms with van der Waals surface area (Å²) in [5.74, 6) is 0. The second kappa shape index (κ2) is 3.96. The summed E-state index contributed by atoms with van der Waals surface area (Å²) in [5, 5.41) is 0. The van der Waals surface area contributed by atoms with Gasteiger partial charge in [-0.05, 0) is 11.6 Å². The molecular formula is C8H8BrF2N. The van der Waals surface area contributed by atoms with Crippen LogP contribution in [0.2, 0.25) is 0 Å². The largest absolute Gasteiger partial charge is 0.319 e. The van der Waals surface area contributed by atoms with Gasteiger partial charge in [0.05, 0.1) is 6.04 Å². The maximum atomic E-state index is 12.1. The fourth-order valence-electron chi connectivity index (χ4n) is 0.881. The average molecular weight is 236 g/mol. The summed E-state index contributed by atoms with van der Waals surface area (Å²) in [5.41, 5.74) is 5.70. The number of benzene rings is 1. The Morgan fingerprint density at radius 2 is 1.83 bits per heavy atom. The minimum Gasteiger partial charge on any atom is -0.319 e. The van der Waals surface area contributed by atoms with Crippen molar-refractivity contribution in [2.75, 3.05) is 0 Å². The molecule has 0 amide bonds. The molecule has 1 rings (SSSR count). The van der Waals surface area contributed by atoms with Crippen LogP contribution in [0.3, 0.4) is 0 Å². The molecule has 0 aliphatic heterocycles. The van der Waals surface area contributed by atoms with E-state index in [0.29, 0.717) is 10.0 Å². The van der Waals surface area contributed by atoms with E-state index >= 15 is 0 Å². The molecule has 0 radical (unpaired) electrons. The monoisotopic (exact) mass is 235 g/mol. The van der Waals surface area contributed by atoms with Crippen LogP contribution in [0.25, 0.3) is 0 Å². The number of nitrogens with two attached hydrogens (primary N) is 1. The van der Waals surface area contributed by atoms with E-state index in [4.69, 9.17) is 5.73 Å². The van der Waals surface area contributed by atoms with Gasteiger partial charge >= 0.3 is 0 Å². The summed E-state index contributed by atoms with van der Waals surface area (Å²) in [7, 11) is 0. The molecule has 0 bridgehead atoms. The van der Waals surface area contributed by atoms with Gasteiger partial charge in [-0.3, -0.25) is 0 Å². The molecule has 0 saturated carbocycles. The molecule has 1 nitrogen and oxygen atoms in total. The van der Waals surface area contributed by atoms with Crippen LogP contribution >= 0.6 is 15.9 Å². The van der Waals surface area contributed by atoms with Crippen LogP contribution in [0.4, 0.5) is 8.78 Å². The standard InChI is InChI=1S/C8H8BrF2N/c9-6-4-2-1-3-5(6)7(12)8(10)11/h1-4,7-8H,12H2/t7-/m0/s1. The zero-order chi connectivity index (χ0) is 9.14. The second-order valence-electron chi connectivity index (χ2n) is 2.38. The van der Waals surface area contributed by atoms with E-state index in [1.165, 1.54) is 0 Å². The summed E-state index contributed by atoms with van der Waals surface area (Å²) in [6, 6.07) is 5.51. The zero-order valence-corrected chi connectivity index (χ0v) is 7.76. The van der Waals surface area contributed by atoms with Gasteiger partial charge < -0.3 is 5.73 Å². The summed E-state index contributed by atoms with van der Waals surface area (Å²) < 4.78 is 24.9. The molecule has 0 aliphatic rings. The molecule has 1 aromatic rings. The van der Waals surface area contributed by atoms with Crippen LogP contribution in [0, 0.1) is 0 Å². The Kier molecular flexibility index (Phi) is 3.17. The number of hydrogen-bond donors (Lipinski definition) is 1. The van der Waals surface area contributed by atoms with E-state index in [-0.39, 0.29) is 0 Å². The van der Waals surface area contributed by atoms with Crippen LogP contribution in [-0.4, -0.2) is 6.43 Å². The van der Waals surface area contributed by atoms with Crippen LogP contribution < -0.4 is 5.73 Å². The molecule has 0 heterocycles. The van der Waals surface area contributed by atoms with E-state index in [1.807, 2.05) is 0 Å². The van der Waals surface area contributed by atoms with E-state index < -0.39 is 12.5 Å². The highest BCUT2D eigenvalue weighted by Gasteiger charge is 2.18. The molecule has 1 atom stereocenters. The smallest absolute Gasteiger partial charge is 0.257 e. The molecule has 0 unspecified atom stereocenters. The third kappa shape index (κ3) is 2.01. The molecule has 0 aliphatic carbocycles. The Bertz CT molecular complexity index is 265. The summed E-state index contributed by atoms with van der Waals surface area (Å²) in [4.78, 5) is 0. The van der Waals surface area contributed by atoms with Gasteiger partial charge in [-0.2, -0.15) is 0 Å². The normalized spacial score (nSPS) is 13.4. The van der Waals surface area contributed by atoms with E-state index in [2.05, 4.69) is 15.9 Å². The minimum atomic E-state index is -2.52. The van der Waals surface area contributed by atoms with Gasteiger partial charge in [0.2, 0.25) is 0 Å². The Morgan fingerprint density at radius 3 is 2.33 bits per heavy atom. The number of rotatable bonds is 2. The highest BCUT2D eigenvalue weighted by Crippen LogP contribution is 2.25. The van der Waals surface area contributed by atoms with Crippen molar-refractivity contribution in [3.8, 4) is 0 Å². The van der Waals surface area contributed by atoms with Crippen molar-refractivity contribution in [3.63, 3.8) is 0 Å². The van der Waals surface area contributed by atoms with Crippen molar-refractivity contribution in [3.05, 3.63) is 34.3 Å². The Morgan fingerprint density at radius 1 is 1.25 bits per heavy atom. The molecule has 1 aromatic carbocycles. The SMILES string of the molecule is N[C@@H](c1ccccc1Br)C(F)F. The third-order valence-electron chi connectivity index (χ3n) is 1.54. The molecular weight excluding hydrogens is 228 g/mol. The number of hydrogen-bond acceptors (Lipinski definition) is 1. The predicted octanol–water partition coefficient (Wildman–Crippen LogP) is 2.71. The van der Waals surface area contributed by atoms with Gasteiger partial charge in [0, 0.05) is 4.47 Å². The van der Waals surface area contributed by atoms with Crippen molar-refractivity contribution >= 4 is 15.9 Å². The van der Waals surface area contributed by atoms with Crippen LogP contribution in [-0.2, 0) is 0 Å². The number of halogens is 3. The van der Waals surface area contributed by atoms with Gasteiger partial charge in [0.1, 0.15) is 0 Å². The van der Waals surface area contributed by atoms with Crippen LogP contribution in [0.5, 0.6) is 0 Å². The van der Waals surface area contributed by atoms with Crippen LogP contribution in [0.1, 0.15) is 11.6 Å². The van der Waals surface area contributed by atoms with Crippen molar-refractivity contribution in [2.45, 2.75) is 12.5 Å². The van der Waals surface area contributed by atoms with E-state index in [9.17, 15) is 8.78 Å². The van der Waals surface area contributed by atoms with E-state index in [0.717, 1.165) is 0 Å². The maximum absolute atomic E-state index is 12.1. The fraction of sp³-hybridized carbons (Fsp3) is 0.250. The average Bonchev–Trinajstić information content (AvgIpc) is 2.04. The fourth-order valence-corrected chi connectivity index (χ4v) is 1.43. The lowest BCUT2D eigenvalue weighted by atomic mass is 10.1. The summed E-state index contributed by atoms with van der Waals surface area (Å²) in [6.07, 6.45) is -2.52. The van der Waals surface area contributed by atoms with Gasteiger partial charge in [-0.25, -0.2) is 8.78 Å². The van der Waals surface area contributed by atoms with Crippen molar-refractivity contribution < 1.29 is 8.78 Å². The lowest BCUT2D eigenvalue weighted by Crippen LogP contribution is -2.19. The van der Waals surface area contributed by atoms with Gasteiger partial charge in [0.25, 0.3) is 6.43 Å². The highest BCUT2D eigenvalue weighted by molar-refractivity contribution is 9.10. The number of alkyl halides is 2. The summed E-state index contributed by atoms with van der Waals surface area (Å²) in [6.45, 7) is 0. The van der Waals surface area contributed by atoms with E-state index in [1.54, 1.807) is 24.3 Å². The second-order valence-corrected chi connectivity index (χ2v) is 3.24. The van der Waals surface area contributed by atoms with Crippen molar-refractivity contribution in [2.24, 2.45) is 5.73 Å². The molecule has 0 aromatic heterocycles. The highest BCUT2D eigenvalue weighted by atomic mass is 79.9. The first-order chi connectivity index (χ1) is 5.63. The Hall–Kier alpha value is -0.480. The molecule has 66 valence electrons. The summed E-state index contributed by atoms with van der Waals surface area (Å²) >= 11 is 3.15. The molecule has 0 spiro atoms. The van der Waals surface area contributed by atoms with Crippen molar-refractivity contribution in [1.82, 2.24) is 0 Å². The van der Waals surface area contributed by atoms with Gasteiger partial charge in [-0.15, -0.1) is 0 Å². The predicted molar refractivity (Wildman–Crippen MR) is 47.1 cm³/mol. The first-order valence-corrected chi connectivity index (χ1v) is 4.20. The molecule has 0 saturated heterocycles. The minimum absolute atomic E-state index is 0.438. The quantitative estimate of drug-likeness (QED) is 0.839. The Labute approximate surface area is 77.7 Å². The topological polar surface area (TPSA) is 26.0 Å². The first kappa shape index (κ1) is 9.61. The Balaban J connectivity index is 2.94. The zero-order valence-electron chi connectivity index (χ0n) is 6.18. The van der Waals surface area contributed by atoms with Gasteiger partial charge in [-0.1, -0.05) is 34.1 Å². The molecule has 0 fully saturated rings. The maximum Gasteiger partial charge on any atom is 0.257 e. The first-order valence-electron chi connectivity index (χ1n) is 3.41. The van der Waals surface area contributed by atoms with Crippen LogP contribution in [0.15, 0.2) is 28.7 Å². The lowest BCUT2D eigenvalue weighted by molar-refractivity contribution is 0.116.